The molecule has 1 aliphatic rings. The molecule has 1 N–H and O–H groups in total. The fourth-order valence-electron chi connectivity index (χ4n) is 3.33. The molecule has 2 aromatic carbocycles. The second-order valence-corrected chi connectivity index (χ2v) is 12.5. The summed E-state index contributed by atoms with van der Waals surface area (Å²) in [6.45, 7) is 4.79. The predicted octanol–water partition coefficient (Wildman–Crippen LogP) is 4.18. The molecule has 0 aliphatic heterocycles. The lowest BCUT2D eigenvalue weighted by Crippen LogP contribution is -2.41. The molecule has 0 bridgehead atoms. The van der Waals surface area contributed by atoms with Crippen molar-refractivity contribution < 1.29 is 30.5 Å². The van der Waals surface area contributed by atoms with E-state index in [1.807, 2.05) is 0 Å². The highest BCUT2D eigenvalue weighted by atomic mass is 32.2. The van der Waals surface area contributed by atoms with Gasteiger partial charge in [0.15, 0.2) is 9.84 Å². The maximum atomic E-state index is 15.1. The van der Waals surface area contributed by atoms with Crippen molar-refractivity contribution >= 4 is 20.8 Å². The molecule has 0 radical (unpaired) electrons. The minimum atomic E-state index is -3.92. The highest BCUT2D eigenvalue weighted by Gasteiger charge is 2.52. The van der Waals surface area contributed by atoms with E-state index < -0.39 is 49.8 Å². The Morgan fingerprint density at radius 1 is 1.25 bits per heavy atom. The summed E-state index contributed by atoms with van der Waals surface area (Å²) in [5.41, 5.74) is -0.358. The molecular formula is C21H21F3N2O4S2. The van der Waals surface area contributed by atoms with Gasteiger partial charge < -0.3 is 4.74 Å². The quantitative estimate of drug-likeness (QED) is 0.684. The SMILES string of the molecule is CC(C)(C)S(=O)N[C@@H]1c2c(S(C)(=O)=O)ccc(Oc3cc(F)cc(C#N)c3)c2CC1(F)F. The topological polar surface area (TPSA) is 96.3 Å². The normalized spacial score (nSPS) is 18.6. The van der Waals surface area contributed by atoms with Gasteiger partial charge in [-0.3, -0.25) is 0 Å². The first-order valence-corrected chi connectivity index (χ1v) is 12.5. The summed E-state index contributed by atoms with van der Waals surface area (Å²) in [7, 11) is -5.84. The lowest BCUT2D eigenvalue weighted by atomic mass is 10.1. The molecule has 1 aliphatic carbocycles. The molecule has 0 heterocycles. The number of ether oxygens (including phenoxy) is 1. The van der Waals surface area contributed by atoms with Crippen LogP contribution in [0.3, 0.4) is 0 Å². The predicted molar refractivity (Wildman–Crippen MR) is 113 cm³/mol. The van der Waals surface area contributed by atoms with E-state index in [1.54, 1.807) is 26.8 Å². The average Bonchev–Trinajstić information content (AvgIpc) is 2.90. The average molecular weight is 487 g/mol. The molecule has 0 saturated heterocycles. The van der Waals surface area contributed by atoms with Gasteiger partial charge in [-0.05, 0) is 45.0 Å². The number of nitriles is 1. The van der Waals surface area contributed by atoms with Crippen molar-refractivity contribution in [3.8, 4) is 17.6 Å². The Morgan fingerprint density at radius 3 is 2.47 bits per heavy atom. The molecule has 0 amide bonds. The first-order chi connectivity index (χ1) is 14.6. The molecule has 3 rings (SSSR count). The summed E-state index contributed by atoms with van der Waals surface area (Å²) in [5, 5.41) is 9.01. The Labute approximate surface area is 186 Å². The van der Waals surface area contributed by atoms with Crippen molar-refractivity contribution in [3.63, 3.8) is 0 Å². The first-order valence-electron chi connectivity index (χ1n) is 9.44. The summed E-state index contributed by atoms with van der Waals surface area (Å²) in [6, 6.07) is 5.47. The van der Waals surface area contributed by atoms with Gasteiger partial charge in [0.1, 0.15) is 23.4 Å². The number of fused-ring (bicyclic) bond motifs is 1. The van der Waals surface area contributed by atoms with Crippen LogP contribution in [-0.2, 0) is 27.2 Å². The molecule has 2 aromatic rings. The van der Waals surface area contributed by atoms with E-state index in [0.29, 0.717) is 0 Å². The third-order valence-corrected chi connectivity index (χ3v) is 7.52. The van der Waals surface area contributed by atoms with Crippen molar-refractivity contribution in [1.82, 2.24) is 4.72 Å². The maximum Gasteiger partial charge on any atom is 0.272 e. The zero-order valence-corrected chi connectivity index (χ0v) is 19.3. The Bertz CT molecular complexity index is 1250. The van der Waals surface area contributed by atoms with Crippen molar-refractivity contribution in [3.05, 3.63) is 52.8 Å². The van der Waals surface area contributed by atoms with E-state index in [9.17, 15) is 17.0 Å². The lowest BCUT2D eigenvalue weighted by molar-refractivity contribution is -0.0190. The molecular weight excluding hydrogens is 465 g/mol. The van der Waals surface area contributed by atoms with Crippen LogP contribution in [0.25, 0.3) is 0 Å². The second-order valence-electron chi connectivity index (χ2n) is 8.49. The number of alkyl halides is 2. The van der Waals surface area contributed by atoms with E-state index in [0.717, 1.165) is 24.5 Å². The van der Waals surface area contributed by atoms with Crippen LogP contribution in [0.2, 0.25) is 0 Å². The highest BCUT2D eigenvalue weighted by molar-refractivity contribution is 7.90. The minimum absolute atomic E-state index is 0.0325. The number of sulfone groups is 1. The van der Waals surface area contributed by atoms with Crippen molar-refractivity contribution in [1.29, 1.82) is 5.26 Å². The van der Waals surface area contributed by atoms with Gasteiger partial charge in [-0.2, -0.15) is 5.26 Å². The summed E-state index contributed by atoms with van der Waals surface area (Å²) in [5.74, 6) is -4.43. The van der Waals surface area contributed by atoms with Gasteiger partial charge in [0.25, 0.3) is 5.92 Å². The number of nitrogens with zero attached hydrogens (tertiary/aromatic N) is 1. The number of nitrogens with one attached hydrogen (secondary N) is 1. The van der Waals surface area contributed by atoms with Crippen LogP contribution in [0.1, 0.15) is 43.5 Å². The molecule has 2 atom stereocenters. The van der Waals surface area contributed by atoms with Crippen LogP contribution < -0.4 is 9.46 Å². The van der Waals surface area contributed by atoms with E-state index >= 15 is 8.78 Å². The molecule has 0 spiro atoms. The van der Waals surface area contributed by atoms with Crippen LogP contribution in [0.5, 0.6) is 11.5 Å². The largest absolute Gasteiger partial charge is 0.457 e. The molecule has 172 valence electrons. The van der Waals surface area contributed by atoms with Gasteiger partial charge in [0, 0.05) is 29.9 Å². The summed E-state index contributed by atoms with van der Waals surface area (Å²) < 4.78 is 88.3. The zero-order valence-electron chi connectivity index (χ0n) is 17.7. The number of halogens is 3. The van der Waals surface area contributed by atoms with E-state index in [2.05, 4.69) is 4.72 Å². The van der Waals surface area contributed by atoms with Crippen LogP contribution in [0.15, 0.2) is 35.2 Å². The van der Waals surface area contributed by atoms with E-state index in [-0.39, 0.29) is 33.1 Å². The highest BCUT2D eigenvalue weighted by Crippen LogP contribution is 2.50. The molecule has 0 aromatic heterocycles. The molecule has 0 saturated carbocycles. The first kappa shape index (κ1) is 24.2. The van der Waals surface area contributed by atoms with E-state index in [4.69, 9.17) is 10.00 Å². The van der Waals surface area contributed by atoms with Crippen LogP contribution in [-0.4, -0.2) is 29.6 Å². The van der Waals surface area contributed by atoms with Gasteiger partial charge in [-0.15, -0.1) is 0 Å². The van der Waals surface area contributed by atoms with Gasteiger partial charge in [0.2, 0.25) is 0 Å². The van der Waals surface area contributed by atoms with Crippen molar-refractivity contribution in [2.45, 2.75) is 48.8 Å². The summed E-state index contributed by atoms with van der Waals surface area (Å²) in [6.07, 6.45) is 0.0175. The molecule has 32 heavy (non-hydrogen) atoms. The molecule has 1 unspecified atom stereocenters. The van der Waals surface area contributed by atoms with Crippen LogP contribution >= 0.6 is 0 Å². The molecule has 0 fully saturated rings. The molecule has 11 heteroatoms. The second kappa shape index (κ2) is 8.17. The fourth-order valence-corrected chi connectivity index (χ4v) is 5.15. The van der Waals surface area contributed by atoms with Crippen LogP contribution in [0, 0.1) is 17.1 Å². The van der Waals surface area contributed by atoms with Gasteiger partial charge in [0.05, 0.1) is 32.3 Å². The van der Waals surface area contributed by atoms with Crippen molar-refractivity contribution in [2.75, 3.05) is 6.26 Å². The van der Waals surface area contributed by atoms with Gasteiger partial charge >= 0.3 is 0 Å². The number of benzene rings is 2. The number of hydrogen-bond acceptors (Lipinski definition) is 5. The lowest BCUT2D eigenvalue weighted by Gasteiger charge is -2.26. The molecule has 6 nitrogen and oxygen atoms in total. The summed E-state index contributed by atoms with van der Waals surface area (Å²) in [4.78, 5) is -0.336. The zero-order chi connectivity index (χ0) is 24.1. The summed E-state index contributed by atoms with van der Waals surface area (Å²) >= 11 is 0. The third kappa shape index (κ3) is 4.82. The Hall–Kier alpha value is -2.42. The van der Waals surface area contributed by atoms with E-state index in [1.165, 1.54) is 12.1 Å². The third-order valence-electron chi connectivity index (χ3n) is 4.81. The standard InChI is InChI=1S/C21H21F3N2O4S2/c1-20(2,3)31(27)26-19-18-15(10-21(19,23)24)16(5-6-17(18)32(4,28)29)30-14-8-12(11-25)7-13(22)9-14/h5-9,19,26H,10H2,1-4H3/t19-,31?/m1/s1. The Morgan fingerprint density at radius 2 is 1.91 bits per heavy atom. The maximum absolute atomic E-state index is 15.1. The minimum Gasteiger partial charge on any atom is -0.457 e. The fraction of sp³-hybridized carbons (Fsp3) is 0.381. The van der Waals surface area contributed by atoms with Gasteiger partial charge in [-0.25, -0.2) is 30.5 Å². The van der Waals surface area contributed by atoms with Crippen molar-refractivity contribution in [2.24, 2.45) is 0 Å². The van der Waals surface area contributed by atoms with Crippen LogP contribution in [0.4, 0.5) is 13.2 Å². The Balaban J connectivity index is 2.17. The number of hydrogen-bond donors (Lipinski definition) is 1. The smallest absolute Gasteiger partial charge is 0.272 e. The number of rotatable bonds is 5. The van der Waals surface area contributed by atoms with Gasteiger partial charge in [-0.1, -0.05) is 0 Å². The monoisotopic (exact) mass is 486 g/mol. The Kier molecular flexibility index (Phi) is 6.19.